The van der Waals surface area contributed by atoms with Gasteiger partial charge in [0.2, 0.25) is 0 Å². The molecule has 1 aromatic rings. The molecule has 3 nitrogen and oxygen atoms in total. The van der Waals surface area contributed by atoms with Gasteiger partial charge in [-0.25, -0.2) is 0 Å². The Balaban J connectivity index is 2.14. The van der Waals surface area contributed by atoms with Crippen LogP contribution < -0.4 is 5.32 Å². The molecule has 1 saturated heterocycles. The number of nitrogens with zero attached hydrogens (tertiary/aromatic N) is 2. The predicted molar refractivity (Wildman–Crippen MR) is 90.6 cm³/mol. The van der Waals surface area contributed by atoms with Crippen LogP contribution in [-0.2, 0) is 0 Å². The second-order valence-electron chi connectivity index (χ2n) is 6.19. The molecule has 1 N–H and O–H groups in total. The van der Waals surface area contributed by atoms with Gasteiger partial charge in [0.25, 0.3) is 0 Å². The van der Waals surface area contributed by atoms with Crippen molar-refractivity contribution in [2.75, 3.05) is 33.7 Å². The zero-order chi connectivity index (χ0) is 15.2. The Morgan fingerprint density at radius 1 is 1.19 bits per heavy atom. The van der Waals surface area contributed by atoms with Crippen molar-refractivity contribution in [1.82, 2.24) is 15.1 Å². The third-order valence-corrected chi connectivity index (χ3v) is 5.02. The van der Waals surface area contributed by atoms with Crippen LogP contribution in [0.15, 0.2) is 30.3 Å². The molecule has 1 aliphatic heterocycles. The molecule has 1 fully saturated rings. The van der Waals surface area contributed by atoms with E-state index in [4.69, 9.17) is 0 Å². The number of hydrogen-bond acceptors (Lipinski definition) is 3. The molecule has 2 rings (SSSR count). The summed E-state index contributed by atoms with van der Waals surface area (Å²) in [4.78, 5) is 5.21. The predicted octanol–water partition coefficient (Wildman–Crippen LogP) is 2.75. The highest BCUT2D eigenvalue weighted by atomic mass is 15.3. The lowest BCUT2D eigenvalue weighted by atomic mass is 9.94. The van der Waals surface area contributed by atoms with E-state index in [9.17, 15) is 0 Å². The summed E-state index contributed by atoms with van der Waals surface area (Å²) < 4.78 is 0. The minimum Gasteiger partial charge on any atom is -0.312 e. The lowest BCUT2D eigenvalue weighted by molar-refractivity contribution is 0.0477. The molecule has 1 heterocycles. The van der Waals surface area contributed by atoms with Gasteiger partial charge in [-0.05, 0) is 32.5 Å². The average Bonchev–Trinajstić information content (AvgIpc) is 2.54. The number of hydrogen-bond donors (Lipinski definition) is 1. The van der Waals surface area contributed by atoms with Gasteiger partial charge in [0.1, 0.15) is 0 Å². The van der Waals surface area contributed by atoms with E-state index in [1.54, 1.807) is 0 Å². The molecular weight excluding hydrogens is 258 g/mol. The maximum Gasteiger partial charge on any atom is 0.0475 e. The van der Waals surface area contributed by atoms with Crippen LogP contribution in [0, 0.1) is 0 Å². The van der Waals surface area contributed by atoms with Crippen LogP contribution in [0.25, 0.3) is 0 Å². The summed E-state index contributed by atoms with van der Waals surface area (Å²) in [6.45, 7) is 8.17. The van der Waals surface area contributed by atoms with Gasteiger partial charge < -0.3 is 10.2 Å². The van der Waals surface area contributed by atoms with Crippen molar-refractivity contribution in [2.45, 2.75) is 44.8 Å². The van der Waals surface area contributed by atoms with Crippen molar-refractivity contribution >= 4 is 0 Å². The Labute approximate surface area is 130 Å². The summed E-state index contributed by atoms with van der Waals surface area (Å²) in [6.07, 6.45) is 2.42. The number of rotatable bonds is 6. The molecule has 1 aromatic carbocycles. The van der Waals surface area contributed by atoms with Gasteiger partial charge in [-0.1, -0.05) is 44.2 Å². The number of benzene rings is 1. The Bertz CT molecular complexity index is 406. The van der Waals surface area contributed by atoms with E-state index in [-0.39, 0.29) is 0 Å². The smallest absolute Gasteiger partial charge is 0.0475 e. The summed E-state index contributed by atoms with van der Waals surface area (Å²) in [5.74, 6) is 0. The zero-order valence-electron chi connectivity index (χ0n) is 14.0. The van der Waals surface area contributed by atoms with Gasteiger partial charge in [-0.3, -0.25) is 4.90 Å². The Kier molecular flexibility index (Phi) is 6.22. The van der Waals surface area contributed by atoms with Crippen LogP contribution in [0.5, 0.6) is 0 Å². The molecule has 0 amide bonds. The monoisotopic (exact) mass is 289 g/mol. The normalized spacial score (nSPS) is 23.9. The Hall–Kier alpha value is -0.900. The molecule has 0 aliphatic carbocycles. The summed E-state index contributed by atoms with van der Waals surface area (Å²) in [5, 5.41) is 3.56. The molecule has 0 spiro atoms. The van der Waals surface area contributed by atoms with Crippen molar-refractivity contribution < 1.29 is 0 Å². The second kappa shape index (κ2) is 7.92. The largest absolute Gasteiger partial charge is 0.312 e. The van der Waals surface area contributed by atoms with Crippen molar-refractivity contribution in [3.8, 4) is 0 Å². The van der Waals surface area contributed by atoms with Crippen molar-refractivity contribution in [3.05, 3.63) is 35.9 Å². The van der Waals surface area contributed by atoms with Crippen LogP contribution in [0.4, 0.5) is 0 Å². The highest BCUT2D eigenvalue weighted by Gasteiger charge is 2.31. The molecular formula is C18H31N3. The first-order valence-electron chi connectivity index (χ1n) is 8.37. The fraction of sp³-hybridized carbons (Fsp3) is 0.667. The topological polar surface area (TPSA) is 18.5 Å². The molecule has 3 atom stereocenters. The van der Waals surface area contributed by atoms with E-state index in [1.165, 1.54) is 38.0 Å². The zero-order valence-corrected chi connectivity index (χ0v) is 14.0. The quantitative estimate of drug-likeness (QED) is 0.869. The van der Waals surface area contributed by atoms with Crippen LogP contribution in [0.2, 0.25) is 0 Å². The molecule has 0 radical (unpaired) electrons. The minimum atomic E-state index is 0.414. The van der Waals surface area contributed by atoms with Crippen molar-refractivity contribution in [2.24, 2.45) is 0 Å². The highest BCUT2D eigenvalue weighted by molar-refractivity contribution is 5.20. The van der Waals surface area contributed by atoms with Gasteiger partial charge in [0.05, 0.1) is 0 Å². The summed E-state index contributed by atoms with van der Waals surface area (Å²) in [7, 11) is 4.35. The summed E-state index contributed by atoms with van der Waals surface area (Å²) in [5.41, 5.74) is 1.40. The van der Waals surface area contributed by atoms with Crippen LogP contribution in [0.1, 0.15) is 38.3 Å². The fourth-order valence-electron chi connectivity index (χ4n) is 3.66. The second-order valence-corrected chi connectivity index (χ2v) is 6.19. The molecule has 3 unspecified atom stereocenters. The van der Waals surface area contributed by atoms with Crippen LogP contribution >= 0.6 is 0 Å². The highest BCUT2D eigenvalue weighted by Crippen LogP contribution is 2.25. The van der Waals surface area contributed by atoms with Gasteiger partial charge in [0.15, 0.2) is 0 Å². The van der Waals surface area contributed by atoms with Gasteiger partial charge in [-0.15, -0.1) is 0 Å². The molecule has 118 valence electrons. The standard InChI is InChI=1S/C18H31N3/c1-5-16-14-21(13-12-20(16)4)17(6-2)18(19-3)15-10-8-7-9-11-15/h7-11,16-19H,5-6,12-14H2,1-4H3. The van der Waals surface area contributed by atoms with Gasteiger partial charge >= 0.3 is 0 Å². The Morgan fingerprint density at radius 3 is 2.48 bits per heavy atom. The maximum absolute atomic E-state index is 3.56. The molecule has 0 saturated carbocycles. The molecule has 3 heteroatoms. The molecule has 21 heavy (non-hydrogen) atoms. The first-order chi connectivity index (χ1) is 10.2. The van der Waals surface area contributed by atoms with E-state index >= 15 is 0 Å². The summed E-state index contributed by atoms with van der Waals surface area (Å²) in [6, 6.07) is 12.6. The third kappa shape index (κ3) is 3.85. The third-order valence-electron chi connectivity index (χ3n) is 5.02. The van der Waals surface area contributed by atoms with E-state index in [0.29, 0.717) is 18.1 Å². The number of nitrogens with one attached hydrogen (secondary N) is 1. The maximum atomic E-state index is 3.56. The van der Waals surface area contributed by atoms with Crippen LogP contribution in [0.3, 0.4) is 0 Å². The summed E-state index contributed by atoms with van der Waals surface area (Å²) >= 11 is 0. The van der Waals surface area contributed by atoms with Gasteiger partial charge in [-0.2, -0.15) is 0 Å². The lowest BCUT2D eigenvalue weighted by Gasteiger charge is -2.45. The van der Waals surface area contributed by atoms with Crippen LogP contribution in [-0.4, -0.2) is 55.6 Å². The first-order valence-corrected chi connectivity index (χ1v) is 8.37. The molecule has 0 bridgehead atoms. The number of piperazine rings is 1. The molecule has 0 aromatic heterocycles. The Morgan fingerprint density at radius 2 is 1.90 bits per heavy atom. The lowest BCUT2D eigenvalue weighted by Crippen LogP contribution is -2.56. The van der Waals surface area contributed by atoms with Crippen molar-refractivity contribution in [1.29, 1.82) is 0 Å². The first kappa shape index (κ1) is 16.5. The average molecular weight is 289 g/mol. The number of likely N-dealkylation sites (N-methyl/N-ethyl adjacent to an activating group) is 2. The van der Waals surface area contributed by atoms with E-state index < -0.39 is 0 Å². The molecule has 1 aliphatic rings. The van der Waals surface area contributed by atoms with E-state index in [1.807, 2.05) is 0 Å². The van der Waals surface area contributed by atoms with E-state index in [0.717, 1.165) is 0 Å². The minimum absolute atomic E-state index is 0.414. The van der Waals surface area contributed by atoms with Gasteiger partial charge in [0, 0.05) is 37.8 Å². The van der Waals surface area contributed by atoms with Crippen molar-refractivity contribution in [3.63, 3.8) is 0 Å². The fourth-order valence-corrected chi connectivity index (χ4v) is 3.66. The van der Waals surface area contributed by atoms with E-state index in [2.05, 4.69) is 73.4 Å². The SMILES string of the molecule is CCC1CN(C(CC)C(NC)c2ccccc2)CCN1C.